The SMILES string of the molecule is C=CC(=O)N1CCN(c2c(S(C)(=O)=O)c(=O)n(/C(C(=NC)C3CC3)=C(/N=C)C3CC3)c3c(F)c(-c4nc(N)cc5ccccc45)c(Cl)cc23)CC1. The van der Waals surface area contributed by atoms with Gasteiger partial charge in [0, 0.05) is 62.1 Å². The van der Waals surface area contributed by atoms with Gasteiger partial charge < -0.3 is 15.5 Å². The van der Waals surface area contributed by atoms with Gasteiger partial charge in [-0.25, -0.2) is 17.8 Å². The molecule has 0 radical (unpaired) electrons. The van der Waals surface area contributed by atoms with E-state index in [1.165, 1.54) is 12.1 Å². The maximum atomic E-state index is 18.0. The maximum Gasteiger partial charge on any atom is 0.276 e. The number of aliphatic imine (C=N–C) groups is 2. The minimum Gasteiger partial charge on any atom is -0.384 e. The van der Waals surface area contributed by atoms with Gasteiger partial charge in [-0.3, -0.25) is 24.1 Å². The second-order valence-corrected chi connectivity index (χ2v) is 15.6. The first-order valence-electron chi connectivity index (χ1n) is 16.7. The molecule has 3 fully saturated rings. The summed E-state index contributed by atoms with van der Waals surface area (Å²) in [7, 11) is -2.66. The Morgan fingerprint density at radius 2 is 1.75 bits per heavy atom. The number of carbonyl (C=O) groups excluding carboxylic acids is 1. The lowest BCUT2D eigenvalue weighted by Gasteiger charge is -2.37. The summed E-state index contributed by atoms with van der Waals surface area (Å²) in [6.45, 7) is 8.16. The van der Waals surface area contributed by atoms with Crippen molar-refractivity contribution < 1.29 is 17.6 Å². The fourth-order valence-corrected chi connectivity index (χ4v) is 8.44. The number of halogens is 2. The fraction of sp³-hybridized carbons (Fsp3) is 0.324. The quantitative estimate of drug-likeness (QED) is 0.175. The molecule has 7 rings (SSSR count). The Labute approximate surface area is 299 Å². The van der Waals surface area contributed by atoms with Gasteiger partial charge in [0.15, 0.2) is 20.5 Å². The Morgan fingerprint density at radius 1 is 1.08 bits per heavy atom. The molecule has 0 unspecified atom stereocenters. The van der Waals surface area contributed by atoms with Gasteiger partial charge >= 0.3 is 0 Å². The van der Waals surface area contributed by atoms with Crippen molar-refractivity contribution in [2.45, 2.75) is 30.6 Å². The second-order valence-electron chi connectivity index (χ2n) is 13.2. The van der Waals surface area contributed by atoms with Crippen LogP contribution in [-0.4, -0.2) is 80.7 Å². The number of pyridine rings is 2. The molecule has 2 N–H and O–H groups in total. The summed E-state index contributed by atoms with van der Waals surface area (Å²) >= 11 is 7.02. The molecular weight excluding hydrogens is 693 g/mol. The molecule has 4 aromatic rings. The van der Waals surface area contributed by atoms with Crippen LogP contribution in [0.25, 0.3) is 38.6 Å². The van der Waals surface area contributed by atoms with Gasteiger partial charge in [-0.05, 0) is 56.0 Å². The molecule has 51 heavy (non-hydrogen) atoms. The molecule has 11 nitrogen and oxygen atoms in total. The highest BCUT2D eigenvalue weighted by Gasteiger charge is 2.40. The molecule has 2 aromatic heterocycles. The summed E-state index contributed by atoms with van der Waals surface area (Å²) in [5.41, 5.74) is 6.39. The number of fused-ring (bicyclic) bond motifs is 2. The van der Waals surface area contributed by atoms with E-state index in [0.717, 1.165) is 36.5 Å². The predicted molar refractivity (Wildman–Crippen MR) is 202 cm³/mol. The van der Waals surface area contributed by atoms with E-state index < -0.39 is 26.1 Å². The minimum atomic E-state index is -4.27. The summed E-state index contributed by atoms with van der Waals surface area (Å²) in [4.78, 5) is 43.8. The summed E-state index contributed by atoms with van der Waals surface area (Å²) in [5.74, 6) is -1.12. The van der Waals surface area contributed by atoms with Crippen LogP contribution in [0.3, 0.4) is 0 Å². The van der Waals surface area contributed by atoms with Crippen molar-refractivity contribution in [1.82, 2.24) is 14.5 Å². The number of allylic oxidation sites excluding steroid dienone is 2. The fourth-order valence-electron chi connectivity index (χ4n) is 7.16. The van der Waals surface area contributed by atoms with E-state index >= 15 is 9.18 Å². The van der Waals surface area contributed by atoms with Crippen LogP contribution in [-0.2, 0) is 14.6 Å². The number of rotatable bonds is 9. The van der Waals surface area contributed by atoms with Crippen molar-refractivity contribution in [2.75, 3.05) is 50.1 Å². The van der Waals surface area contributed by atoms with Crippen LogP contribution < -0.4 is 16.2 Å². The smallest absolute Gasteiger partial charge is 0.276 e. The lowest BCUT2D eigenvalue weighted by molar-refractivity contribution is -0.126. The van der Waals surface area contributed by atoms with Gasteiger partial charge in [0.2, 0.25) is 5.91 Å². The van der Waals surface area contributed by atoms with Crippen LogP contribution in [0.5, 0.6) is 0 Å². The van der Waals surface area contributed by atoms with Gasteiger partial charge in [-0.15, -0.1) is 0 Å². The summed E-state index contributed by atoms with van der Waals surface area (Å²) in [6, 6.07) is 10.4. The first-order valence-corrected chi connectivity index (χ1v) is 19.0. The molecule has 1 aliphatic heterocycles. The molecule has 1 saturated heterocycles. The largest absolute Gasteiger partial charge is 0.384 e. The summed E-state index contributed by atoms with van der Waals surface area (Å²) < 4.78 is 46.7. The van der Waals surface area contributed by atoms with E-state index in [-0.39, 0.29) is 88.3 Å². The highest BCUT2D eigenvalue weighted by molar-refractivity contribution is 7.90. The van der Waals surface area contributed by atoms with E-state index in [9.17, 15) is 13.2 Å². The molecule has 3 aliphatic rings. The zero-order valence-corrected chi connectivity index (χ0v) is 29.9. The molecular formula is C37H37ClFN7O4S. The predicted octanol–water partition coefficient (Wildman–Crippen LogP) is 5.59. The van der Waals surface area contributed by atoms with E-state index in [1.807, 2.05) is 12.1 Å². The molecule has 1 amide bonds. The van der Waals surface area contributed by atoms with E-state index in [1.54, 1.807) is 35.0 Å². The molecule has 0 bridgehead atoms. The number of anilines is 2. The molecule has 2 aromatic carbocycles. The lowest BCUT2D eigenvalue weighted by atomic mass is 9.99. The number of aromatic nitrogens is 2. The number of piperazine rings is 1. The van der Waals surface area contributed by atoms with Crippen LogP contribution >= 0.6 is 11.6 Å². The zero-order chi connectivity index (χ0) is 36.4. The van der Waals surface area contributed by atoms with Crippen molar-refractivity contribution in [1.29, 1.82) is 0 Å². The Kier molecular flexibility index (Phi) is 8.83. The minimum absolute atomic E-state index is 0.0116. The highest BCUT2D eigenvalue weighted by Crippen LogP contribution is 2.47. The Hall–Kier alpha value is -4.88. The highest BCUT2D eigenvalue weighted by atomic mass is 35.5. The van der Waals surface area contributed by atoms with Crippen molar-refractivity contribution in [3.63, 3.8) is 0 Å². The molecule has 0 atom stereocenters. The number of amides is 1. The standard InChI is InChI=1S/C37H37ClFN7O4S/c1-5-27(47)44-14-16-45(17-15-44)34-24-19-25(38)28(32-23-9-7-6-8-22(23)18-26(40)43-32)29(39)33(24)46(37(48)36(34)51(4,49)50)35(30(41-2)20-10-11-20)31(42-3)21-12-13-21/h5-9,18-21H,1-2,10-17H2,3-4H3,(H2,40,43)/b35-30+,42-31?. The van der Waals surface area contributed by atoms with E-state index in [0.29, 0.717) is 22.2 Å². The molecule has 2 aliphatic carbocycles. The molecule has 2 saturated carbocycles. The Bertz CT molecular complexity index is 2410. The lowest BCUT2D eigenvalue weighted by Crippen LogP contribution is -2.49. The molecule has 0 spiro atoms. The topological polar surface area (TPSA) is 143 Å². The van der Waals surface area contributed by atoms with Gasteiger partial charge in [0.25, 0.3) is 5.56 Å². The number of hydrogen-bond donors (Lipinski definition) is 1. The number of carbonyl (C=O) groups is 1. The van der Waals surface area contributed by atoms with E-state index in [2.05, 4.69) is 28.3 Å². The van der Waals surface area contributed by atoms with E-state index in [4.69, 9.17) is 17.3 Å². The number of sulfone groups is 1. The van der Waals surface area contributed by atoms with Gasteiger partial charge in [-0.1, -0.05) is 42.4 Å². The summed E-state index contributed by atoms with van der Waals surface area (Å²) in [5, 5.41) is 1.32. The maximum absolute atomic E-state index is 18.0. The average molecular weight is 730 g/mol. The zero-order valence-electron chi connectivity index (χ0n) is 28.3. The summed E-state index contributed by atoms with van der Waals surface area (Å²) in [6.07, 6.45) is 5.31. The Morgan fingerprint density at radius 3 is 2.33 bits per heavy atom. The Balaban J connectivity index is 1.66. The third kappa shape index (κ3) is 6.01. The number of nitrogen functional groups attached to an aromatic ring is 1. The third-order valence-electron chi connectivity index (χ3n) is 9.78. The van der Waals surface area contributed by atoms with Crippen molar-refractivity contribution in [3.05, 3.63) is 75.9 Å². The number of hydrogen-bond acceptors (Lipinski definition) is 9. The third-order valence-corrected chi connectivity index (χ3v) is 11.2. The van der Waals surface area contributed by atoms with Crippen LogP contribution in [0.2, 0.25) is 5.02 Å². The number of nitrogens with two attached hydrogens (primary N) is 1. The van der Waals surface area contributed by atoms with Gasteiger partial charge in [-0.2, -0.15) is 0 Å². The van der Waals surface area contributed by atoms with Crippen LogP contribution in [0.4, 0.5) is 15.9 Å². The van der Waals surface area contributed by atoms with Crippen LogP contribution in [0.1, 0.15) is 25.7 Å². The first kappa shape index (κ1) is 34.6. The molecule has 264 valence electrons. The van der Waals surface area contributed by atoms with Crippen molar-refractivity contribution in [2.24, 2.45) is 21.8 Å². The van der Waals surface area contributed by atoms with Crippen LogP contribution in [0, 0.1) is 17.7 Å². The van der Waals surface area contributed by atoms with Gasteiger partial charge in [0.05, 0.1) is 44.6 Å². The normalized spacial score (nSPS) is 17.5. The molecule has 3 heterocycles. The molecule has 14 heteroatoms. The van der Waals surface area contributed by atoms with Gasteiger partial charge in [0.1, 0.15) is 5.82 Å². The average Bonchev–Trinajstić information content (AvgIpc) is 4.03. The van der Waals surface area contributed by atoms with Crippen molar-refractivity contribution in [3.8, 4) is 11.3 Å². The van der Waals surface area contributed by atoms with Crippen LogP contribution in [0.15, 0.2) is 74.4 Å². The van der Waals surface area contributed by atoms with Crippen molar-refractivity contribution >= 4 is 78.7 Å². The number of nitrogens with zero attached hydrogens (tertiary/aromatic N) is 6. The number of benzene rings is 2. The second kappa shape index (κ2) is 13.0. The first-order chi connectivity index (χ1) is 24.4. The monoisotopic (exact) mass is 729 g/mol.